The molecule has 0 aliphatic rings. The second-order valence-electron chi connectivity index (χ2n) is 7.55. The van der Waals surface area contributed by atoms with Crippen molar-refractivity contribution >= 4 is 34.3 Å². The monoisotopic (exact) mass is 400 g/mol. The summed E-state index contributed by atoms with van der Waals surface area (Å²) in [6.07, 6.45) is 18.7. The molecule has 1 aromatic carbocycles. The lowest BCUT2D eigenvalue weighted by atomic mass is 10.1. The van der Waals surface area contributed by atoms with Crippen molar-refractivity contribution in [2.45, 2.75) is 88.9 Å². The number of carbonyl (C=O) groups excluding carboxylic acids is 1. The summed E-state index contributed by atoms with van der Waals surface area (Å²) < 4.78 is 0. The third kappa shape index (κ3) is 7.83. The molecule has 2 rings (SSSR count). The van der Waals surface area contributed by atoms with Crippen LogP contribution in [0, 0.1) is 0 Å². The van der Waals surface area contributed by atoms with E-state index < -0.39 is 0 Å². The number of rotatable bonds is 14. The Morgan fingerprint density at radius 1 is 0.929 bits per heavy atom. The first-order valence-corrected chi connectivity index (χ1v) is 12.2. The molecule has 1 N–H and O–H groups in total. The van der Waals surface area contributed by atoms with Gasteiger partial charge in [0.2, 0.25) is 5.91 Å². The molecule has 1 heterocycles. The quantitative estimate of drug-likeness (QED) is 0.262. The summed E-state index contributed by atoms with van der Waals surface area (Å²) in [5.41, 5.74) is 1.83. The van der Waals surface area contributed by atoms with E-state index in [-0.39, 0.29) is 5.91 Å². The van der Waals surface area contributed by atoms with Crippen molar-refractivity contribution in [1.29, 1.82) is 0 Å². The van der Waals surface area contributed by atoms with Crippen molar-refractivity contribution in [1.82, 2.24) is 4.98 Å². The van der Waals surface area contributed by atoms with Gasteiger partial charge >= 0.3 is 0 Å². The molecule has 0 aliphatic heterocycles. The molecule has 0 radical (unpaired) electrons. The summed E-state index contributed by atoms with van der Waals surface area (Å²) in [6, 6.07) is 8.00. The highest BCUT2D eigenvalue weighted by Crippen LogP contribution is 2.32. The number of amides is 1. The maximum Gasteiger partial charge on any atom is 0.224 e. The number of nitrogens with zero attached hydrogens (tertiary/aromatic N) is 1. The van der Waals surface area contributed by atoms with E-state index in [1.165, 1.54) is 57.8 Å². The van der Waals surface area contributed by atoms with Crippen LogP contribution >= 0.6 is 11.8 Å². The number of thioether (sulfide) groups is 1. The third-order valence-electron chi connectivity index (χ3n) is 5.24. The van der Waals surface area contributed by atoms with E-state index in [0.717, 1.165) is 34.3 Å². The number of hydrogen-bond donors (Lipinski definition) is 1. The highest BCUT2D eigenvalue weighted by Gasteiger charge is 2.11. The first-order valence-electron chi connectivity index (χ1n) is 11.0. The van der Waals surface area contributed by atoms with Crippen LogP contribution in [0.15, 0.2) is 35.4 Å². The zero-order chi connectivity index (χ0) is 20.0. The van der Waals surface area contributed by atoms with Crippen LogP contribution in [0.5, 0.6) is 0 Å². The number of fused-ring (bicyclic) bond motifs is 1. The molecule has 3 nitrogen and oxygen atoms in total. The standard InChI is InChI=1S/C24H36N2OS/c1-3-4-5-6-7-8-9-10-11-12-13-16-23(27)26-24-20-15-14-19-25-21(20)17-18-22(24)28-2/h14-15,17-19H,3-13,16H2,1-2H3,(H,26,27). The van der Waals surface area contributed by atoms with Gasteiger partial charge in [0.25, 0.3) is 0 Å². The molecule has 28 heavy (non-hydrogen) atoms. The van der Waals surface area contributed by atoms with Gasteiger partial charge in [0.05, 0.1) is 11.2 Å². The SMILES string of the molecule is CCCCCCCCCCCCCC(=O)Nc1c(SC)ccc2ncccc12. The summed E-state index contributed by atoms with van der Waals surface area (Å²) in [5, 5.41) is 4.16. The van der Waals surface area contributed by atoms with E-state index in [2.05, 4.69) is 17.2 Å². The number of pyridine rings is 1. The van der Waals surface area contributed by atoms with Crippen LogP contribution in [0.25, 0.3) is 10.9 Å². The second-order valence-corrected chi connectivity index (χ2v) is 8.39. The van der Waals surface area contributed by atoms with E-state index >= 15 is 0 Å². The molecule has 0 spiro atoms. The van der Waals surface area contributed by atoms with Crippen LogP contribution in [-0.2, 0) is 4.79 Å². The van der Waals surface area contributed by atoms with Crippen molar-refractivity contribution in [2.75, 3.05) is 11.6 Å². The Kier molecular flexibility index (Phi) is 11.0. The van der Waals surface area contributed by atoms with Gasteiger partial charge in [-0.25, -0.2) is 0 Å². The van der Waals surface area contributed by atoms with Crippen LogP contribution in [0.4, 0.5) is 5.69 Å². The predicted molar refractivity (Wildman–Crippen MR) is 123 cm³/mol. The molecule has 154 valence electrons. The fourth-order valence-electron chi connectivity index (χ4n) is 3.58. The average Bonchev–Trinajstić information content (AvgIpc) is 2.72. The van der Waals surface area contributed by atoms with Gasteiger partial charge in [0.1, 0.15) is 0 Å². The summed E-state index contributed by atoms with van der Waals surface area (Å²) in [4.78, 5) is 17.9. The van der Waals surface area contributed by atoms with Gasteiger partial charge in [0, 0.05) is 22.9 Å². The Morgan fingerprint density at radius 3 is 2.21 bits per heavy atom. The molecule has 2 aromatic rings. The van der Waals surface area contributed by atoms with E-state index in [1.807, 2.05) is 30.5 Å². The van der Waals surface area contributed by atoms with Gasteiger partial charge < -0.3 is 5.32 Å². The lowest BCUT2D eigenvalue weighted by Gasteiger charge is -2.12. The number of unbranched alkanes of at least 4 members (excludes halogenated alkanes) is 10. The number of aromatic nitrogens is 1. The van der Waals surface area contributed by atoms with Crippen LogP contribution in [0.1, 0.15) is 84.0 Å². The maximum absolute atomic E-state index is 12.4. The normalized spacial score (nSPS) is 11.1. The molecule has 0 bridgehead atoms. The highest BCUT2D eigenvalue weighted by atomic mass is 32.2. The largest absolute Gasteiger partial charge is 0.325 e. The molecular formula is C24H36N2OS. The summed E-state index contributed by atoms with van der Waals surface area (Å²) >= 11 is 1.66. The molecule has 1 aromatic heterocycles. The lowest BCUT2D eigenvalue weighted by Crippen LogP contribution is -2.12. The summed E-state index contributed by atoms with van der Waals surface area (Å²) in [7, 11) is 0. The Balaban J connectivity index is 1.65. The van der Waals surface area contributed by atoms with Crippen molar-refractivity contribution in [3.63, 3.8) is 0 Å². The van der Waals surface area contributed by atoms with Gasteiger partial charge in [-0.3, -0.25) is 9.78 Å². The van der Waals surface area contributed by atoms with Gasteiger partial charge in [0.15, 0.2) is 0 Å². The Morgan fingerprint density at radius 2 is 1.57 bits per heavy atom. The van der Waals surface area contributed by atoms with Crippen LogP contribution in [0.2, 0.25) is 0 Å². The molecule has 0 atom stereocenters. The molecule has 0 saturated carbocycles. The van der Waals surface area contributed by atoms with Crippen LogP contribution in [-0.4, -0.2) is 17.1 Å². The van der Waals surface area contributed by atoms with Gasteiger partial charge in [-0.05, 0) is 36.9 Å². The van der Waals surface area contributed by atoms with E-state index in [1.54, 1.807) is 18.0 Å². The zero-order valence-corrected chi connectivity index (χ0v) is 18.5. The molecule has 4 heteroatoms. The number of carbonyl (C=O) groups is 1. The summed E-state index contributed by atoms with van der Waals surface area (Å²) in [6.45, 7) is 2.27. The van der Waals surface area contributed by atoms with E-state index in [0.29, 0.717) is 6.42 Å². The maximum atomic E-state index is 12.4. The van der Waals surface area contributed by atoms with Crippen molar-refractivity contribution < 1.29 is 4.79 Å². The van der Waals surface area contributed by atoms with E-state index in [4.69, 9.17) is 0 Å². The molecule has 0 saturated heterocycles. The number of anilines is 1. The van der Waals surface area contributed by atoms with Gasteiger partial charge in [-0.2, -0.15) is 0 Å². The minimum Gasteiger partial charge on any atom is -0.325 e. The lowest BCUT2D eigenvalue weighted by molar-refractivity contribution is -0.116. The minimum atomic E-state index is 0.113. The van der Waals surface area contributed by atoms with Crippen molar-refractivity contribution in [3.05, 3.63) is 30.5 Å². The zero-order valence-electron chi connectivity index (χ0n) is 17.6. The molecule has 0 aliphatic carbocycles. The first kappa shape index (κ1) is 22.7. The van der Waals surface area contributed by atoms with Gasteiger partial charge in [-0.1, -0.05) is 71.1 Å². The van der Waals surface area contributed by atoms with Crippen LogP contribution < -0.4 is 5.32 Å². The number of benzene rings is 1. The summed E-state index contributed by atoms with van der Waals surface area (Å²) in [5.74, 6) is 0.113. The molecular weight excluding hydrogens is 364 g/mol. The molecule has 0 fully saturated rings. The molecule has 1 amide bonds. The number of hydrogen-bond acceptors (Lipinski definition) is 3. The number of nitrogens with one attached hydrogen (secondary N) is 1. The topological polar surface area (TPSA) is 42.0 Å². The van der Waals surface area contributed by atoms with Crippen LogP contribution in [0.3, 0.4) is 0 Å². The Labute approximate surface area is 175 Å². The van der Waals surface area contributed by atoms with Crippen molar-refractivity contribution in [3.8, 4) is 0 Å². The van der Waals surface area contributed by atoms with Crippen molar-refractivity contribution in [2.24, 2.45) is 0 Å². The van der Waals surface area contributed by atoms with E-state index in [9.17, 15) is 4.79 Å². The fourth-order valence-corrected chi connectivity index (χ4v) is 4.15. The first-order chi connectivity index (χ1) is 13.8. The average molecular weight is 401 g/mol. The predicted octanol–water partition coefficient (Wildman–Crippen LogP) is 7.60. The molecule has 0 unspecified atom stereocenters. The minimum absolute atomic E-state index is 0.113. The van der Waals surface area contributed by atoms with Gasteiger partial charge in [-0.15, -0.1) is 11.8 Å². The smallest absolute Gasteiger partial charge is 0.224 e. The fraction of sp³-hybridized carbons (Fsp3) is 0.583. The third-order valence-corrected chi connectivity index (χ3v) is 6.02. The highest BCUT2D eigenvalue weighted by molar-refractivity contribution is 7.98. The second kappa shape index (κ2) is 13.6. The Bertz CT molecular complexity index is 717. The Hall–Kier alpha value is -1.55.